The Balaban J connectivity index is 0.00000144. The van der Waals surface area contributed by atoms with E-state index in [1.165, 1.54) is 0 Å². The maximum absolute atomic E-state index is 12.7. The zero-order chi connectivity index (χ0) is 9.14. The van der Waals surface area contributed by atoms with E-state index < -0.39 is 17.5 Å². The topological polar surface area (TPSA) is 35.2 Å². The van der Waals surface area contributed by atoms with Gasteiger partial charge in [-0.2, -0.15) is 0 Å². The van der Waals surface area contributed by atoms with Crippen molar-refractivity contribution in [1.29, 1.82) is 0 Å². The molecular weight excluding hydrogens is 207 g/mol. The standard InChI is InChI=1S/C7H6F3NO.ClH/c8-5-2-1-4(3-12-11)6(9)7(5)10;/h1-2H,3,11H2;1H. The smallest absolute Gasteiger partial charge is 0.194 e. The number of benzene rings is 1. The summed E-state index contributed by atoms with van der Waals surface area (Å²) in [4.78, 5) is 4.07. The highest BCUT2D eigenvalue weighted by Gasteiger charge is 2.12. The van der Waals surface area contributed by atoms with Gasteiger partial charge in [0.05, 0.1) is 6.61 Å². The summed E-state index contributed by atoms with van der Waals surface area (Å²) in [7, 11) is 0. The Kier molecular flexibility index (Phi) is 4.76. The molecular formula is C7H7ClF3NO. The molecule has 0 fully saturated rings. The summed E-state index contributed by atoms with van der Waals surface area (Å²) in [6.07, 6.45) is 0. The lowest BCUT2D eigenvalue weighted by Crippen LogP contribution is -2.03. The molecule has 74 valence electrons. The van der Waals surface area contributed by atoms with Gasteiger partial charge in [-0.15, -0.1) is 12.4 Å². The highest BCUT2D eigenvalue weighted by atomic mass is 35.5. The van der Waals surface area contributed by atoms with Crippen LogP contribution < -0.4 is 5.90 Å². The van der Waals surface area contributed by atoms with E-state index in [0.29, 0.717) is 0 Å². The average molecular weight is 214 g/mol. The summed E-state index contributed by atoms with van der Waals surface area (Å²) in [5.74, 6) is 0.633. The van der Waals surface area contributed by atoms with Crippen molar-refractivity contribution in [1.82, 2.24) is 0 Å². The molecule has 1 aromatic rings. The van der Waals surface area contributed by atoms with E-state index in [1.54, 1.807) is 0 Å². The second-order valence-corrected chi connectivity index (χ2v) is 2.15. The molecule has 0 aromatic heterocycles. The molecule has 0 radical (unpaired) electrons. The first-order valence-corrected chi connectivity index (χ1v) is 3.11. The fourth-order valence-electron chi connectivity index (χ4n) is 0.767. The van der Waals surface area contributed by atoms with E-state index in [9.17, 15) is 13.2 Å². The van der Waals surface area contributed by atoms with Crippen molar-refractivity contribution < 1.29 is 18.0 Å². The average Bonchev–Trinajstić information content (AvgIpc) is 2.07. The van der Waals surface area contributed by atoms with E-state index in [0.717, 1.165) is 12.1 Å². The van der Waals surface area contributed by atoms with Crippen molar-refractivity contribution in [2.24, 2.45) is 5.90 Å². The van der Waals surface area contributed by atoms with E-state index in [-0.39, 0.29) is 24.6 Å². The third-order valence-corrected chi connectivity index (χ3v) is 1.35. The van der Waals surface area contributed by atoms with Crippen LogP contribution in [0.25, 0.3) is 0 Å². The molecule has 0 amide bonds. The molecule has 0 heterocycles. The molecule has 2 nitrogen and oxygen atoms in total. The zero-order valence-corrected chi connectivity index (χ0v) is 7.21. The highest BCUT2D eigenvalue weighted by molar-refractivity contribution is 5.85. The molecule has 0 aliphatic rings. The van der Waals surface area contributed by atoms with Gasteiger partial charge in [-0.05, 0) is 6.07 Å². The van der Waals surface area contributed by atoms with E-state index in [4.69, 9.17) is 0 Å². The lowest BCUT2D eigenvalue weighted by atomic mass is 10.2. The second kappa shape index (κ2) is 5.06. The van der Waals surface area contributed by atoms with Crippen LogP contribution in [0.3, 0.4) is 0 Å². The van der Waals surface area contributed by atoms with Crippen molar-refractivity contribution in [2.75, 3.05) is 0 Å². The second-order valence-electron chi connectivity index (χ2n) is 2.15. The van der Waals surface area contributed by atoms with Gasteiger partial charge < -0.3 is 0 Å². The molecule has 0 saturated carbocycles. The van der Waals surface area contributed by atoms with Crippen LogP contribution in [0.2, 0.25) is 0 Å². The Morgan fingerprint density at radius 2 is 1.77 bits per heavy atom. The van der Waals surface area contributed by atoms with Gasteiger partial charge >= 0.3 is 0 Å². The van der Waals surface area contributed by atoms with Crippen molar-refractivity contribution in [2.45, 2.75) is 6.61 Å². The van der Waals surface area contributed by atoms with Crippen molar-refractivity contribution in [3.8, 4) is 0 Å². The Hall–Kier alpha value is -0.780. The molecule has 13 heavy (non-hydrogen) atoms. The monoisotopic (exact) mass is 213 g/mol. The fourth-order valence-corrected chi connectivity index (χ4v) is 0.767. The predicted molar refractivity (Wildman–Crippen MR) is 42.5 cm³/mol. The summed E-state index contributed by atoms with van der Waals surface area (Å²) in [6.45, 7) is -0.289. The van der Waals surface area contributed by atoms with Gasteiger partial charge in [0, 0.05) is 5.56 Å². The van der Waals surface area contributed by atoms with Crippen LogP contribution in [0.4, 0.5) is 13.2 Å². The first-order valence-electron chi connectivity index (χ1n) is 3.11. The highest BCUT2D eigenvalue weighted by Crippen LogP contribution is 2.15. The molecule has 0 bridgehead atoms. The molecule has 1 rings (SSSR count). The van der Waals surface area contributed by atoms with E-state index in [2.05, 4.69) is 10.7 Å². The minimum Gasteiger partial charge on any atom is -0.300 e. The molecule has 0 aliphatic heterocycles. The quantitative estimate of drug-likeness (QED) is 0.602. The molecule has 1 aromatic carbocycles. The van der Waals surface area contributed by atoms with E-state index >= 15 is 0 Å². The molecule has 6 heteroatoms. The number of hydrogen-bond donors (Lipinski definition) is 1. The summed E-state index contributed by atoms with van der Waals surface area (Å²) in [6, 6.07) is 1.88. The Bertz CT molecular complexity index is 295. The predicted octanol–water partition coefficient (Wildman–Crippen LogP) is 1.92. The first-order chi connectivity index (χ1) is 5.66. The minimum absolute atomic E-state index is 0. The molecule has 0 spiro atoms. The van der Waals surface area contributed by atoms with Gasteiger partial charge in [-0.1, -0.05) is 6.07 Å². The van der Waals surface area contributed by atoms with Gasteiger partial charge in [-0.25, -0.2) is 19.1 Å². The summed E-state index contributed by atoms with van der Waals surface area (Å²) in [5.41, 5.74) is -0.114. The van der Waals surface area contributed by atoms with Crippen LogP contribution in [0, 0.1) is 17.5 Å². The summed E-state index contributed by atoms with van der Waals surface area (Å²) >= 11 is 0. The van der Waals surface area contributed by atoms with Crippen LogP contribution in [0.1, 0.15) is 5.56 Å². The summed E-state index contributed by atoms with van der Waals surface area (Å²) in [5, 5.41) is 0. The SMILES string of the molecule is Cl.NOCc1ccc(F)c(F)c1F. The minimum atomic E-state index is -1.51. The normalized spacial score (nSPS) is 9.54. The van der Waals surface area contributed by atoms with E-state index in [1.807, 2.05) is 0 Å². The van der Waals surface area contributed by atoms with Crippen LogP contribution in [-0.4, -0.2) is 0 Å². The van der Waals surface area contributed by atoms with Crippen LogP contribution in [0.5, 0.6) is 0 Å². The molecule has 0 saturated heterocycles. The van der Waals surface area contributed by atoms with Crippen LogP contribution >= 0.6 is 12.4 Å². The molecule has 0 atom stereocenters. The zero-order valence-electron chi connectivity index (χ0n) is 6.39. The Labute approximate surface area is 78.9 Å². The van der Waals surface area contributed by atoms with Crippen molar-refractivity contribution in [3.63, 3.8) is 0 Å². The molecule has 2 N–H and O–H groups in total. The van der Waals surface area contributed by atoms with Gasteiger partial charge in [-0.3, -0.25) is 4.84 Å². The van der Waals surface area contributed by atoms with Gasteiger partial charge in [0.2, 0.25) is 0 Å². The number of halogens is 4. The number of nitrogens with two attached hydrogens (primary N) is 1. The van der Waals surface area contributed by atoms with Gasteiger partial charge in [0.1, 0.15) is 0 Å². The third-order valence-electron chi connectivity index (χ3n) is 1.35. The lowest BCUT2D eigenvalue weighted by molar-refractivity contribution is 0.120. The van der Waals surface area contributed by atoms with Crippen LogP contribution in [-0.2, 0) is 11.4 Å². The van der Waals surface area contributed by atoms with Gasteiger partial charge in [0.25, 0.3) is 0 Å². The van der Waals surface area contributed by atoms with Crippen molar-refractivity contribution >= 4 is 12.4 Å². The maximum atomic E-state index is 12.7. The Morgan fingerprint density at radius 3 is 2.31 bits per heavy atom. The number of hydrogen-bond acceptors (Lipinski definition) is 2. The fraction of sp³-hybridized carbons (Fsp3) is 0.143. The lowest BCUT2D eigenvalue weighted by Gasteiger charge is -2.01. The molecule has 0 unspecified atom stereocenters. The van der Waals surface area contributed by atoms with Crippen molar-refractivity contribution in [3.05, 3.63) is 35.1 Å². The Morgan fingerprint density at radius 1 is 1.15 bits per heavy atom. The largest absolute Gasteiger partial charge is 0.300 e. The summed E-state index contributed by atoms with van der Waals surface area (Å²) < 4.78 is 37.5. The van der Waals surface area contributed by atoms with Crippen LogP contribution in [0.15, 0.2) is 12.1 Å². The third kappa shape index (κ3) is 2.58. The maximum Gasteiger partial charge on any atom is 0.194 e. The number of rotatable bonds is 2. The first kappa shape index (κ1) is 12.2. The molecule has 0 aliphatic carbocycles. The van der Waals surface area contributed by atoms with Gasteiger partial charge in [0.15, 0.2) is 17.5 Å².